The van der Waals surface area contributed by atoms with Crippen molar-refractivity contribution in [2.24, 2.45) is 0 Å². The topological polar surface area (TPSA) is 66.5 Å². The first-order valence-corrected chi connectivity index (χ1v) is 6.60. The maximum Gasteiger partial charge on any atom is 0.274 e. The molecule has 1 aliphatic heterocycles. The molecule has 1 aromatic carbocycles. The van der Waals surface area contributed by atoms with Crippen LogP contribution in [-0.2, 0) is 6.54 Å². The van der Waals surface area contributed by atoms with Crippen LogP contribution in [0.1, 0.15) is 6.92 Å². The predicted octanol–water partition coefficient (Wildman–Crippen LogP) is 1.89. The number of pyridine rings is 1. The van der Waals surface area contributed by atoms with E-state index in [1.54, 1.807) is 10.6 Å². The molecule has 3 rings (SSSR count). The molecule has 0 saturated heterocycles. The first kappa shape index (κ1) is 12.6. The van der Waals surface area contributed by atoms with Crippen molar-refractivity contribution in [3.63, 3.8) is 0 Å². The number of ether oxygens (including phenoxy) is 2. The van der Waals surface area contributed by atoms with Gasteiger partial charge in [0.05, 0.1) is 11.4 Å². The monoisotopic (exact) mass is 272 g/mol. The number of benzene rings is 1. The highest BCUT2D eigenvalue weighted by atomic mass is 16.6. The largest absolute Gasteiger partial charge is 0.486 e. The van der Waals surface area contributed by atoms with Crippen LogP contribution in [0.2, 0.25) is 0 Å². The van der Waals surface area contributed by atoms with Crippen molar-refractivity contribution < 1.29 is 9.47 Å². The van der Waals surface area contributed by atoms with E-state index in [1.807, 2.05) is 31.2 Å². The number of nitrogens with zero attached hydrogens (tertiary/aromatic N) is 1. The number of hydrogen-bond donors (Lipinski definition) is 1. The summed E-state index contributed by atoms with van der Waals surface area (Å²) in [5.41, 5.74) is 7.50. The number of fused-ring (bicyclic) bond motifs is 1. The summed E-state index contributed by atoms with van der Waals surface area (Å²) in [6.07, 6.45) is 0. The van der Waals surface area contributed by atoms with Crippen molar-refractivity contribution in [1.29, 1.82) is 0 Å². The van der Waals surface area contributed by atoms with Gasteiger partial charge < -0.3 is 19.8 Å². The fraction of sp³-hybridized carbons (Fsp3) is 0.267. The quantitative estimate of drug-likeness (QED) is 0.906. The van der Waals surface area contributed by atoms with Crippen molar-refractivity contribution >= 4 is 5.69 Å². The van der Waals surface area contributed by atoms with Crippen molar-refractivity contribution in [3.05, 3.63) is 40.7 Å². The van der Waals surface area contributed by atoms with Gasteiger partial charge in [0.15, 0.2) is 11.5 Å². The van der Waals surface area contributed by atoms with E-state index in [0.29, 0.717) is 25.5 Å². The summed E-state index contributed by atoms with van der Waals surface area (Å²) in [7, 11) is 0. The van der Waals surface area contributed by atoms with Crippen LogP contribution in [0.25, 0.3) is 11.3 Å². The van der Waals surface area contributed by atoms with Gasteiger partial charge in [0.1, 0.15) is 13.2 Å². The van der Waals surface area contributed by atoms with E-state index in [-0.39, 0.29) is 11.2 Å². The molecule has 0 unspecified atom stereocenters. The molecule has 0 amide bonds. The molecular formula is C15H16N2O3. The Bertz CT molecular complexity index is 707. The Labute approximate surface area is 116 Å². The number of aromatic nitrogens is 1. The van der Waals surface area contributed by atoms with E-state index >= 15 is 0 Å². The number of nitrogen functional groups attached to an aromatic ring is 1. The molecule has 5 heteroatoms. The second-order valence-corrected chi connectivity index (χ2v) is 4.58. The molecule has 0 spiro atoms. The zero-order valence-electron chi connectivity index (χ0n) is 11.3. The summed E-state index contributed by atoms with van der Waals surface area (Å²) in [5, 5.41) is 0. The minimum atomic E-state index is -0.167. The average molecular weight is 272 g/mol. The van der Waals surface area contributed by atoms with Crippen LogP contribution in [0.3, 0.4) is 0 Å². The zero-order chi connectivity index (χ0) is 14.1. The summed E-state index contributed by atoms with van der Waals surface area (Å²) in [4.78, 5) is 12.1. The van der Waals surface area contributed by atoms with Crippen LogP contribution in [0.15, 0.2) is 35.1 Å². The van der Waals surface area contributed by atoms with Gasteiger partial charge in [-0.05, 0) is 37.3 Å². The molecule has 2 heterocycles. The molecule has 0 bridgehead atoms. The van der Waals surface area contributed by atoms with E-state index in [2.05, 4.69) is 0 Å². The minimum absolute atomic E-state index is 0.167. The van der Waals surface area contributed by atoms with Gasteiger partial charge in [-0.3, -0.25) is 4.79 Å². The molecule has 0 radical (unpaired) electrons. The van der Waals surface area contributed by atoms with E-state index < -0.39 is 0 Å². The van der Waals surface area contributed by atoms with Crippen molar-refractivity contribution in [3.8, 4) is 22.8 Å². The fourth-order valence-corrected chi connectivity index (χ4v) is 2.36. The maximum absolute atomic E-state index is 12.1. The van der Waals surface area contributed by atoms with Gasteiger partial charge in [-0.15, -0.1) is 0 Å². The molecule has 20 heavy (non-hydrogen) atoms. The molecule has 5 nitrogen and oxygen atoms in total. The van der Waals surface area contributed by atoms with Crippen LogP contribution < -0.4 is 20.8 Å². The van der Waals surface area contributed by atoms with Gasteiger partial charge in [0, 0.05) is 12.1 Å². The first-order valence-electron chi connectivity index (χ1n) is 6.60. The lowest BCUT2D eigenvalue weighted by molar-refractivity contribution is 0.171. The van der Waals surface area contributed by atoms with Crippen molar-refractivity contribution in [2.75, 3.05) is 18.9 Å². The van der Waals surface area contributed by atoms with Crippen molar-refractivity contribution in [1.82, 2.24) is 4.57 Å². The van der Waals surface area contributed by atoms with Gasteiger partial charge >= 0.3 is 0 Å². The van der Waals surface area contributed by atoms with Crippen LogP contribution in [-0.4, -0.2) is 17.8 Å². The highest BCUT2D eigenvalue weighted by molar-refractivity contribution is 5.65. The highest BCUT2D eigenvalue weighted by Gasteiger charge is 2.14. The molecule has 0 aliphatic carbocycles. The molecule has 2 N–H and O–H groups in total. The van der Waals surface area contributed by atoms with E-state index in [0.717, 1.165) is 17.0 Å². The Kier molecular flexibility index (Phi) is 3.10. The molecular weight excluding hydrogens is 256 g/mol. The van der Waals surface area contributed by atoms with Crippen molar-refractivity contribution in [2.45, 2.75) is 13.5 Å². The summed E-state index contributed by atoms with van der Waals surface area (Å²) in [6, 6.07) is 9.17. The van der Waals surface area contributed by atoms with Gasteiger partial charge in [-0.25, -0.2) is 0 Å². The Morgan fingerprint density at radius 1 is 1.15 bits per heavy atom. The summed E-state index contributed by atoms with van der Waals surface area (Å²) in [5.74, 6) is 1.45. The normalized spacial score (nSPS) is 13.2. The number of rotatable bonds is 2. The molecule has 2 aromatic rings. The number of nitrogens with two attached hydrogens (primary N) is 1. The lowest BCUT2D eigenvalue weighted by Gasteiger charge is -2.19. The second kappa shape index (κ2) is 4.92. The second-order valence-electron chi connectivity index (χ2n) is 4.58. The standard InChI is InChI=1S/C15H16N2O3/c1-2-17-12(5-4-11(16)15(17)18)10-3-6-13-14(9-10)20-8-7-19-13/h3-6,9H,2,7-8,16H2,1H3. The molecule has 104 valence electrons. The predicted molar refractivity (Wildman–Crippen MR) is 77.2 cm³/mol. The average Bonchev–Trinajstić information content (AvgIpc) is 2.49. The SMILES string of the molecule is CCn1c(-c2ccc3c(c2)OCCO3)ccc(N)c1=O. The van der Waals surface area contributed by atoms with E-state index in [1.165, 1.54) is 0 Å². The Balaban J connectivity index is 2.14. The molecule has 0 saturated carbocycles. The van der Waals surface area contributed by atoms with E-state index in [9.17, 15) is 4.79 Å². The smallest absolute Gasteiger partial charge is 0.274 e. The Hall–Kier alpha value is -2.43. The molecule has 1 aliphatic rings. The summed E-state index contributed by atoms with van der Waals surface area (Å²) in [6.45, 7) is 3.59. The lowest BCUT2D eigenvalue weighted by atomic mass is 10.1. The van der Waals surface area contributed by atoms with Crippen LogP contribution in [0, 0.1) is 0 Å². The van der Waals surface area contributed by atoms with Gasteiger partial charge in [0.2, 0.25) is 0 Å². The molecule has 0 atom stereocenters. The van der Waals surface area contributed by atoms with E-state index in [4.69, 9.17) is 15.2 Å². The van der Waals surface area contributed by atoms with Gasteiger partial charge in [-0.1, -0.05) is 0 Å². The third-order valence-corrected chi connectivity index (χ3v) is 3.36. The third-order valence-electron chi connectivity index (χ3n) is 3.36. The van der Waals surface area contributed by atoms with Crippen LogP contribution >= 0.6 is 0 Å². The minimum Gasteiger partial charge on any atom is -0.486 e. The summed E-state index contributed by atoms with van der Waals surface area (Å²) < 4.78 is 12.7. The first-order chi connectivity index (χ1) is 9.70. The zero-order valence-corrected chi connectivity index (χ0v) is 11.3. The van der Waals surface area contributed by atoms with Crippen LogP contribution in [0.4, 0.5) is 5.69 Å². The van der Waals surface area contributed by atoms with Crippen LogP contribution in [0.5, 0.6) is 11.5 Å². The fourth-order valence-electron chi connectivity index (χ4n) is 2.36. The molecule has 1 aromatic heterocycles. The Morgan fingerprint density at radius 3 is 2.65 bits per heavy atom. The number of anilines is 1. The molecule has 0 fully saturated rings. The summed E-state index contributed by atoms with van der Waals surface area (Å²) >= 11 is 0. The van der Waals surface area contributed by atoms with Gasteiger partial charge in [-0.2, -0.15) is 0 Å². The van der Waals surface area contributed by atoms with Gasteiger partial charge in [0.25, 0.3) is 5.56 Å². The lowest BCUT2D eigenvalue weighted by Crippen LogP contribution is -2.23. The Morgan fingerprint density at radius 2 is 1.90 bits per heavy atom. The third kappa shape index (κ3) is 2.01. The number of hydrogen-bond acceptors (Lipinski definition) is 4. The highest BCUT2D eigenvalue weighted by Crippen LogP contribution is 2.34. The maximum atomic E-state index is 12.1.